The number of ether oxygens (including phenoxy) is 1. The fraction of sp³-hybridized carbons (Fsp3) is 0.158. The van der Waals surface area contributed by atoms with Gasteiger partial charge >= 0.3 is 0 Å². The smallest absolute Gasteiger partial charge is 0.226 e. The Bertz CT molecular complexity index is 937. The molecule has 0 saturated heterocycles. The van der Waals surface area contributed by atoms with Crippen LogP contribution in [-0.2, 0) is 4.79 Å². The number of para-hydroxylation sites is 1. The molecule has 0 bridgehead atoms. The minimum absolute atomic E-state index is 0.0304. The molecule has 0 aliphatic carbocycles. The Hall–Kier alpha value is -2.60. The van der Waals surface area contributed by atoms with Crippen molar-refractivity contribution in [1.82, 2.24) is 9.55 Å². The van der Waals surface area contributed by atoms with Crippen molar-refractivity contribution in [2.45, 2.75) is 12.3 Å². The largest absolute Gasteiger partial charge is 0.496 e. The van der Waals surface area contributed by atoms with Crippen LogP contribution in [0.3, 0.4) is 0 Å². The summed E-state index contributed by atoms with van der Waals surface area (Å²) in [5, 5.41) is 2.97. The minimum Gasteiger partial charge on any atom is -0.496 e. The summed E-state index contributed by atoms with van der Waals surface area (Å²) < 4.78 is 8.36. The van der Waals surface area contributed by atoms with Crippen LogP contribution in [0.25, 0.3) is 5.69 Å². The van der Waals surface area contributed by atoms with Gasteiger partial charge in [0.15, 0.2) is 0 Å². The summed E-state index contributed by atoms with van der Waals surface area (Å²) in [5.41, 5.74) is 2.75. The van der Waals surface area contributed by atoms with E-state index >= 15 is 0 Å². The molecule has 1 aromatic heterocycles. The van der Waals surface area contributed by atoms with E-state index in [9.17, 15) is 4.79 Å². The molecule has 0 fully saturated rings. The number of halogens is 1. The predicted molar refractivity (Wildman–Crippen MR) is 99.3 cm³/mol. The lowest BCUT2D eigenvalue weighted by Crippen LogP contribution is -2.25. The number of anilines is 1. The molecule has 6 heteroatoms. The number of methoxy groups -OCH3 is 1. The molecule has 1 amide bonds. The summed E-state index contributed by atoms with van der Waals surface area (Å²) in [6.45, 7) is 0. The molecule has 25 heavy (non-hydrogen) atoms. The lowest BCUT2D eigenvalue weighted by molar-refractivity contribution is -0.116. The zero-order valence-electron chi connectivity index (χ0n) is 13.6. The lowest BCUT2D eigenvalue weighted by atomic mass is 9.89. The Labute approximate surface area is 153 Å². The molecule has 2 aromatic carbocycles. The van der Waals surface area contributed by atoms with Crippen molar-refractivity contribution in [2.24, 2.45) is 0 Å². The van der Waals surface area contributed by atoms with Gasteiger partial charge in [-0.3, -0.25) is 9.36 Å². The van der Waals surface area contributed by atoms with E-state index < -0.39 is 0 Å². The van der Waals surface area contributed by atoms with Crippen LogP contribution < -0.4 is 10.1 Å². The van der Waals surface area contributed by atoms with Crippen LogP contribution in [0.15, 0.2) is 59.3 Å². The molecule has 126 valence electrons. The number of imidazole rings is 1. The fourth-order valence-electron chi connectivity index (χ4n) is 3.23. The molecule has 1 N–H and O–H groups in total. The first-order valence-corrected chi connectivity index (χ1v) is 8.72. The third-order valence-electron chi connectivity index (χ3n) is 4.37. The van der Waals surface area contributed by atoms with Gasteiger partial charge in [0.25, 0.3) is 0 Å². The van der Waals surface area contributed by atoms with Crippen LogP contribution in [-0.4, -0.2) is 22.6 Å². The van der Waals surface area contributed by atoms with Gasteiger partial charge in [-0.05, 0) is 30.3 Å². The number of carbonyl (C=O) groups excluding carboxylic acids is 1. The number of hydrogen-bond donors (Lipinski definition) is 1. The van der Waals surface area contributed by atoms with Gasteiger partial charge in [0, 0.05) is 28.1 Å². The first-order valence-electron chi connectivity index (χ1n) is 7.93. The number of hydrogen-bond acceptors (Lipinski definition) is 3. The van der Waals surface area contributed by atoms with E-state index in [2.05, 4.69) is 26.2 Å². The molecule has 1 unspecified atom stereocenters. The SMILES string of the molecule is COc1ccc(Br)cc1C1CC(=O)Nc2c1ncn2-c1ccccc1. The maximum absolute atomic E-state index is 12.4. The summed E-state index contributed by atoms with van der Waals surface area (Å²) in [6.07, 6.45) is 2.09. The number of fused-ring (bicyclic) bond motifs is 1. The molecule has 0 radical (unpaired) electrons. The van der Waals surface area contributed by atoms with Crippen LogP contribution in [0.1, 0.15) is 23.6 Å². The highest BCUT2D eigenvalue weighted by Crippen LogP contribution is 2.41. The quantitative estimate of drug-likeness (QED) is 0.722. The molecule has 1 aliphatic heterocycles. The van der Waals surface area contributed by atoms with Gasteiger partial charge in [-0.1, -0.05) is 34.1 Å². The third-order valence-corrected chi connectivity index (χ3v) is 4.87. The number of aromatic nitrogens is 2. The molecule has 4 rings (SSSR count). The van der Waals surface area contributed by atoms with Crippen LogP contribution >= 0.6 is 15.9 Å². The Morgan fingerprint density at radius 3 is 2.80 bits per heavy atom. The van der Waals surface area contributed by atoms with Crippen LogP contribution in [0.4, 0.5) is 5.82 Å². The molecule has 2 heterocycles. The van der Waals surface area contributed by atoms with Crippen molar-refractivity contribution >= 4 is 27.7 Å². The topological polar surface area (TPSA) is 56.1 Å². The Morgan fingerprint density at radius 2 is 2.04 bits per heavy atom. The third kappa shape index (κ3) is 2.82. The van der Waals surface area contributed by atoms with Gasteiger partial charge in [0.1, 0.15) is 17.9 Å². The van der Waals surface area contributed by atoms with E-state index in [0.29, 0.717) is 6.42 Å². The maximum Gasteiger partial charge on any atom is 0.226 e. The highest BCUT2D eigenvalue weighted by atomic mass is 79.9. The van der Waals surface area contributed by atoms with Gasteiger partial charge in [0.05, 0.1) is 12.8 Å². The Kier molecular flexibility index (Phi) is 4.05. The number of nitrogens with one attached hydrogen (secondary N) is 1. The molecule has 1 aliphatic rings. The summed E-state index contributed by atoms with van der Waals surface area (Å²) in [7, 11) is 1.64. The Balaban J connectivity index is 1.86. The number of carbonyl (C=O) groups is 1. The second-order valence-electron chi connectivity index (χ2n) is 5.88. The zero-order chi connectivity index (χ0) is 17.4. The van der Waals surface area contributed by atoms with Crippen molar-refractivity contribution in [1.29, 1.82) is 0 Å². The van der Waals surface area contributed by atoms with Gasteiger partial charge in [-0.15, -0.1) is 0 Å². The van der Waals surface area contributed by atoms with Crippen LogP contribution in [0.2, 0.25) is 0 Å². The van der Waals surface area contributed by atoms with Crippen molar-refractivity contribution < 1.29 is 9.53 Å². The van der Waals surface area contributed by atoms with Gasteiger partial charge < -0.3 is 10.1 Å². The molecular formula is C19H16BrN3O2. The van der Waals surface area contributed by atoms with Crippen molar-refractivity contribution in [3.63, 3.8) is 0 Å². The lowest BCUT2D eigenvalue weighted by Gasteiger charge is -2.24. The van der Waals surface area contributed by atoms with E-state index in [1.807, 2.05) is 53.1 Å². The van der Waals surface area contributed by atoms with Gasteiger partial charge in [0.2, 0.25) is 5.91 Å². The van der Waals surface area contributed by atoms with Gasteiger partial charge in [-0.25, -0.2) is 4.98 Å². The van der Waals surface area contributed by atoms with E-state index in [0.717, 1.165) is 33.0 Å². The second kappa shape index (κ2) is 6.37. The van der Waals surface area contributed by atoms with Crippen molar-refractivity contribution in [2.75, 3.05) is 12.4 Å². The van der Waals surface area contributed by atoms with Crippen molar-refractivity contribution in [3.05, 3.63) is 70.6 Å². The summed E-state index contributed by atoms with van der Waals surface area (Å²) >= 11 is 3.51. The molecule has 0 spiro atoms. The summed E-state index contributed by atoms with van der Waals surface area (Å²) in [4.78, 5) is 17.0. The average Bonchev–Trinajstić information content (AvgIpc) is 3.05. The summed E-state index contributed by atoms with van der Waals surface area (Å²) in [6, 6.07) is 15.7. The monoisotopic (exact) mass is 397 g/mol. The van der Waals surface area contributed by atoms with E-state index in [-0.39, 0.29) is 11.8 Å². The number of nitrogens with zero attached hydrogens (tertiary/aromatic N) is 2. The normalized spacial score (nSPS) is 16.2. The molecular weight excluding hydrogens is 382 g/mol. The van der Waals surface area contributed by atoms with Crippen LogP contribution in [0, 0.1) is 0 Å². The molecule has 1 atom stereocenters. The van der Waals surface area contributed by atoms with E-state index in [1.54, 1.807) is 13.4 Å². The summed E-state index contributed by atoms with van der Waals surface area (Å²) in [5.74, 6) is 1.29. The first-order chi connectivity index (χ1) is 12.2. The van der Waals surface area contributed by atoms with Crippen molar-refractivity contribution in [3.8, 4) is 11.4 Å². The standard InChI is InChI=1S/C19H16BrN3O2/c1-25-16-8-7-12(20)9-14(16)15-10-17(24)22-19-18(15)21-11-23(19)13-5-3-2-4-6-13/h2-9,11,15H,10H2,1H3,(H,22,24). The fourth-order valence-corrected chi connectivity index (χ4v) is 3.60. The number of benzene rings is 2. The van der Waals surface area contributed by atoms with E-state index in [4.69, 9.17) is 4.74 Å². The maximum atomic E-state index is 12.4. The molecule has 0 saturated carbocycles. The highest BCUT2D eigenvalue weighted by Gasteiger charge is 2.32. The zero-order valence-corrected chi connectivity index (χ0v) is 15.2. The Morgan fingerprint density at radius 1 is 1.24 bits per heavy atom. The average molecular weight is 398 g/mol. The van der Waals surface area contributed by atoms with E-state index in [1.165, 1.54) is 0 Å². The number of rotatable bonds is 3. The molecule has 3 aromatic rings. The number of amides is 1. The first kappa shape index (κ1) is 15.9. The van der Waals surface area contributed by atoms with Crippen LogP contribution in [0.5, 0.6) is 5.75 Å². The minimum atomic E-state index is -0.152. The van der Waals surface area contributed by atoms with Gasteiger partial charge in [-0.2, -0.15) is 0 Å². The highest BCUT2D eigenvalue weighted by molar-refractivity contribution is 9.10. The molecule has 5 nitrogen and oxygen atoms in total. The predicted octanol–water partition coefficient (Wildman–Crippen LogP) is 4.12. The second-order valence-corrected chi connectivity index (χ2v) is 6.79.